The number of ether oxygens (including phenoxy) is 2. The fraction of sp³-hybridized carbons (Fsp3) is 0.250. The lowest BCUT2D eigenvalue weighted by Crippen LogP contribution is -2.35. The molecule has 38 heavy (non-hydrogen) atoms. The number of carbonyl (C=O) groups is 3. The average molecular weight is 538 g/mol. The van der Waals surface area contributed by atoms with Gasteiger partial charge in [-0.05, 0) is 67.3 Å². The third-order valence-electron chi connectivity index (χ3n) is 6.01. The van der Waals surface area contributed by atoms with Gasteiger partial charge in [0.2, 0.25) is 5.91 Å². The molecule has 198 valence electrons. The van der Waals surface area contributed by atoms with Crippen molar-refractivity contribution in [3.8, 4) is 11.5 Å². The Morgan fingerprint density at radius 2 is 1.71 bits per heavy atom. The Balaban J connectivity index is 1.45. The first-order valence-electron chi connectivity index (χ1n) is 12.1. The highest BCUT2D eigenvalue weighted by molar-refractivity contribution is 6.33. The number of carboxylic acid groups (broad SMARTS) is 1. The minimum atomic E-state index is -1.01. The van der Waals surface area contributed by atoms with Crippen molar-refractivity contribution in [2.75, 3.05) is 35.8 Å². The van der Waals surface area contributed by atoms with Crippen molar-refractivity contribution in [3.63, 3.8) is 0 Å². The quantitative estimate of drug-likeness (QED) is 0.280. The topological polar surface area (TPSA) is 117 Å². The van der Waals surface area contributed by atoms with E-state index in [2.05, 4.69) is 10.6 Å². The van der Waals surface area contributed by atoms with Crippen molar-refractivity contribution in [3.05, 3.63) is 77.3 Å². The number of amides is 3. The second kappa shape index (κ2) is 12.3. The van der Waals surface area contributed by atoms with E-state index in [-0.39, 0.29) is 24.6 Å². The van der Waals surface area contributed by atoms with Crippen molar-refractivity contribution < 1.29 is 29.0 Å². The maximum absolute atomic E-state index is 13.1. The van der Waals surface area contributed by atoms with Gasteiger partial charge in [-0.3, -0.25) is 4.79 Å². The normalized spacial score (nSPS) is 12.4. The third-order valence-corrected chi connectivity index (χ3v) is 6.34. The van der Waals surface area contributed by atoms with Gasteiger partial charge in [0.1, 0.15) is 18.1 Å². The molecule has 0 spiro atoms. The first-order chi connectivity index (χ1) is 18.3. The van der Waals surface area contributed by atoms with Gasteiger partial charge in [0.15, 0.2) is 0 Å². The SMILES string of the molecule is COc1cc(N(CCOc2ccc(C(=O)O)cc2)C(=O)CC2CC2)ccc1NC(=O)Nc1ccccc1Cl. The van der Waals surface area contributed by atoms with Crippen molar-refractivity contribution in [2.24, 2.45) is 5.92 Å². The molecule has 3 N–H and O–H groups in total. The molecule has 0 heterocycles. The molecule has 0 radical (unpaired) electrons. The minimum absolute atomic E-state index is 0.0310. The number of carboxylic acids is 1. The molecule has 10 heteroatoms. The van der Waals surface area contributed by atoms with Crippen LogP contribution in [-0.2, 0) is 4.79 Å². The summed E-state index contributed by atoms with van der Waals surface area (Å²) < 4.78 is 11.3. The molecule has 0 unspecified atom stereocenters. The maximum atomic E-state index is 13.1. The molecule has 9 nitrogen and oxygen atoms in total. The molecular formula is C28H28ClN3O6. The minimum Gasteiger partial charge on any atom is -0.494 e. The van der Waals surface area contributed by atoms with E-state index in [0.29, 0.717) is 45.9 Å². The van der Waals surface area contributed by atoms with Crippen LogP contribution in [0.1, 0.15) is 29.6 Å². The summed E-state index contributed by atoms with van der Waals surface area (Å²) >= 11 is 6.12. The highest BCUT2D eigenvalue weighted by Crippen LogP contribution is 2.35. The summed E-state index contributed by atoms with van der Waals surface area (Å²) in [5, 5.41) is 14.9. The summed E-state index contributed by atoms with van der Waals surface area (Å²) in [6.45, 7) is 0.473. The molecule has 1 aliphatic carbocycles. The van der Waals surface area contributed by atoms with Gasteiger partial charge in [0.05, 0.1) is 35.6 Å². The number of nitrogens with zero attached hydrogens (tertiary/aromatic N) is 1. The van der Waals surface area contributed by atoms with Gasteiger partial charge in [-0.2, -0.15) is 0 Å². The zero-order chi connectivity index (χ0) is 27.1. The summed E-state index contributed by atoms with van der Waals surface area (Å²) in [6.07, 6.45) is 2.52. The van der Waals surface area contributed by atoms with E-state index < -0.39 is 12.0 Å². The van der Waals surface area contributed by atoms with Crippen LogP contribution in [0.15, 0.2) is 66.7 Å². The van der Waals surface area contributed by atoms with Crippen LogP contribution in [-0.4, -0.2) is 43.3 Å². The van der Waals surface area contributed by atoms with Crippen LogP contribution in [0.4, 0.5) is 21.9 Å². The van der Waals surface area contributed by atoms with Gasteiger partial charge < -0.3 is 30.1 Å². The maximum Gasteiger partial charge on any atom is 0.335 e. The van der Waals surface area contributed by atoms with Crippen LogP contribution in [0.25, 0.3) is 0 Å². The number of aromatic carboxylic acids is 1. The number of nitrogens with one attached hydrogen (secondary N) is 2. The number of rotatable bonds is 11. The summed E-state index contributed by atoms with van der Waals surface area (Å²) in [5.74, 6) is 0.237. The lowest BCUT2D eigenvalue weighted by atomic mass is 10.2. The Morgan fingerprint density at radius 1 is 1.00 bits per heavy atom. The number of para-hydroxylation sites is 1. The molecular weight excluding hydrogens is 510 g/mol. The fourth-order valence-electron chi connectivity index (χ4n) is 3.81. The zero-order valence-corrected chi connectivity index (χ0v) is 21.5. The summed E-state index contributed by atoms with van der Waals surface area (Å²) in [4.78, 5) is 38.4. The molecule has 1 aliphatic rings. The van der Waals surface area contributed by atoms with E-state index in [4.69, 9.17) is 26.2 Å². The predicted octanol–water partition coefficient (Wildman–Crippen LogP) is 5.90. The van der Waals surface area contributed by atoms with Crippen molar-refractivity contribution in [2.45, 2.75) is 19.3 Å². The monoisotopic (exact) mass is 537 g/mol. The van der Waals surface area contributed by atoms with Crippen LogP contribution in [0.3, 0.4) is 0 Å². The van der Waals surface area contributed by atoms with Crippen molar-refractivity contribution >= 4 is 46.6 Å². The van der Waals surface area contributed by atoms with Crippen LogP contribution < -0.4 is 25.0 Å². The van der Waals surface area contributed by atoms with Gasteiger partial charge in [-0.1, -0.05) is 23.7 Å². The van der Waals surface area contributed by atoms with Gasteiger partial charge in [-0.15, -0.1) is 0 Å². The molecule has 0 atom stereocenters. The Labute approximate surface area is 225 Å². The summed E-state index contributed by atoms with van der Waals surface area (Å²) in [7, 11) is 1.48. The third kappa shape index (κ3) is 7.17. The first-order valence-corrected chi connectivity index (χ1v) is 12.5. The largest absolute Gasteiger partial charge is 0.494 e. The van der Waals surface area contributed by atoms with Crippen LogP contribution in [0, 0.1) is 5.92 Å². The van der Waals surface area contributed by atoms with E-state index >= 15 is 0 Å². The van der Waals surface area contributed by atoms with Gasteiger partial charge in [0.25, 0.3) is 0 Å². The highest BCUT2D eigenvalue weighted by atomic mass is 35.5. The molecule has 3 amide bonds. The number of anilines is 3. The lowest BCUT2D eigenvalue weighted by molar-refractivity contribution is -0.119. The Hall–Kier alpha value is -4.24. The number of hydrogen-bond donors (Lipinski definition) is 3. The molecule has 0 aromatic heterocycles. The lowest BCUT2D eigenvalue weighted by Gasteiger charge is -2.24. The molecule has 1 saturated carbocycles. The van der Waals surface area contributed by atoms with Gasteiger partial charge in [0, 0.05) is 18.2 Å². The standard InChI is InChI=1S/C28H28ClN3O6/c1-37-25-17-20(10-13-24(25)31-28(36)30-23-5-3-2-4-22(23)29)32(26(33)16-18-6-7-18)14-15-38-21-11-8-19(9-12-21)27(34)35/h2-5,8-13,17-18H,6-7,14-16H2,1H3,(H,34,35)(H2,30,31,36). The molecule has 0 aliphatic heterocycles. The summed E-state index contributed by atoms with van der Waals surface area (Å²) in [5.41, 5.74) is 1.66. The number of carbonyl (C=O) groups excluding carboxylic acids is 2. The Kier molecular flexibility index (Phi) is 8.70. The average Bonchev–Trinajstić information content (AvgIpc) is 3.72. The molecule has 0 saturated heterocycles. The molecule has 4 rings (SSSR count). The second-order valence-electron chi connectivity index (χ2n) is 8.81. The molecule has 3 aromatic rings. The smallest absolute Gasteiger partial charge is 0.335 e. The zero-order valence-electron chi connectivity index (χ0n) is 20.8. The molecule has 0 bridgehead atoms. The highest BCUT2D eigenvalue weighted by Gasteiger charge is 2.28. The van der Waals surface area contributed by atoms with E-state index in [1.807, 2.05) is 0 Å². The predicted molar refractivity (Wildman–Crippen MR) is 146 cm³/mol. The number of halogens is 1. The Bertz CT molecular complexity index is 1310. The Morgan fingerprint density at radius 3 is 2.37 bits per heavy atom. The number of urea groups is 1. The van der Waals surface area contributed by atoms with Gasteiger partial charge in [-0.25, -0.2) is 9.59 Å². The van der Waals surface area contributed by atoms with E-state index in [1.165, 1.54) is 19.2 Å². The van der Waals surface area contributed by atoms with E-state index in [9.17, 15) is 14.4 Å². The fourth-order valence-corrected chi connectivity index (χ4v) is 4.00. The molecule has 1 fully saturated rings. The van der Waals surface area contributed by atoms with Crippen molar-refractivity contribution in [1.29, 1.82) is 0 Å². The summed E-state index contributed by atoms with van der Waals surface area (Å²) in [6, 6.07) is 17.6. The molecule has 3 aromatic carbocycles. The number of methoxy groups -OCH3 is 1. The van der Waals surface area contributed by atoms with E-state index in [1.54, 1.807) is 59.5 Å². The van der Waals surface area contributed by atoms with Crippen molar-refractivity contribution in [1.82, 2.24) is 0 Å². The van der Waals surface area contributed by atoms with Gasteiger partial charge >= 0.3 is 12.0 Å². The second-order valence-corrected chi connectivity index (χ2v) is 9.22. The van der Waals surface area contributed by atoms with Crippen LogP contribution in [0.5, 0.6) is 11.5 Å². The number of benzene rings is 3. The van der Waals surface area contributed by atoms with Crippen LogP contribution in [0.2, 0.25) is 5.02 Å². The first kappa shape index (κ1) is 26.8. The number of hydrogen-bond acceptors (Lipinski definition) is 5. The van der Waals surface area contributed by atoms with Crippen LogP contribution >= 0.6 is 11.6 Å². The van der Waals surface area contributed by atoms with E-state index in [0.717, 1.165) is 12.8 Å².